The van der Waals surface area contributed by atoms with E-state index in [1.165, 1.54) is 4.90 Å². The highest BCUT2D eigenvalue weighted by atomic mass is 79.9. The summed E-state index contributed by atoms with van der Waals surface area (Å²) in [7, 11) is 0. The lowest BCUT2D eigenvalue weighted by Crippen LogP contribution is -2.47. The average molecular weight is 562 g/mol. The molecule has 3 aromatic carbocycles. The van der Waals surface area contributed by atoms with E-state index in [0.29, 0.717) is 18.7 Å². The minimum atomic E-state index is -0.651. The van der Waals surface area contributed by atoms with E-state index in [0.717, 1.165) is 39.6 Å². The number of hydrogen-bond acceptors (Lipinski definition) is 4. The maximum Gasteiger partial charge on any atom is 0.407 e. The number of hydrogen-bond donors (Lipinski definition) is 2. The zero-order chi connectivity index (χ0) is 25.8. The standard InChI is InChI=1S/C29H28BrN3O4/c30-16-19-11-13-20(14-12-19)32-28(35)26-10-5-15-33(26)27(34)17-31-29(36)37-18-25-23-8-3-1-6-21(23)22-7-2-4-9-24(22)25/h1-4,6-9,11-14,25-26H,5,10,15-18H2,(H,31,36)(H,32,35)/t26-/m0/s1. The van der Waals surface area contributed by atoms with Gasteiger partial charge in [0.05, 0.1) is 0 Å². The van der Waals surface area contributed by atoms with Gasteiger partial charge in [0.25, 0.3) is 0 Å². The van der Waals surface area contributed by atoms with Crippen molar-refractivity contribution in [2.24, 2.45) is 0 Å². The van der Waals surface area contributed by atoms with Crippen molar-refractivity contribution in [2.75, 3.05) is 25.0 Å². The Labute approximate surface area is 224 Å². The quantitative estimate of drug-likeness (QED) is 0.395. The van der Waals surface area contributed by atoms with Gasteiger partial charge in [-0.05, 0) is 52.8 Å². The Hall–Kier alpha value is -3.65. The number of likely N-dealkylation sites (tertiary alicyclic amines) is 1. The molecule has 0 radical (unpaired) electrons. The van der Waals surface area contributed by atoms with Crippen LogP contribution in [-0.2, 0) is 19.7 Å². The number of alkyl carbamates (subject to hydrolysis) is 1. The van der Waals surface area contributed by atoms with Crippen molar-refractivity contribution in [1.29, 1.82) is 0 Å². The molecule has 2 aliphatic rings. The summed E-state index contributed by atoms with van der Waals surface area (Å²) < 4.78 is 5.52. The number of carbonyl (C=O) groups excluding carboxylic acids is 3. The third-order valence-corrected chi connectivity index (χ3v) is 7.63. The number of anilines is 1. The molecule has 1 aliphatic carbocycles. The van der Waals surface area contributed by atoms with Crippen LogP contribution in [-0.4, -0.2) is 48.5 Å². The number of nitrogens with zero attached hydrogens (tertiary/aromatic N) is 1. The summed E-state index contributed by atoms with van der Waals surface area (Å²) in [6.45, 7) is 0.433. The third kappa shape index (κ3) is 5.39. The fourth-order valence-corrected chi connectivity index (χ4v) is 5.51. The van der Waals surface area contributed by atoms with Gasteiger partial charge in [-0.1, -0.05) is 76.6 Å². The lowest BCUT2D eigenvalue weighted by molar-refractivity contribution is -0.135. The number of nitrogens with one attached hydrogen (secondary N) is 2. The number of halogens is 1. The molecule has 1 fully saturated rings. The van der Waals surface area contributed by atoms with E-state index >= 15 is 0 Å². The van der Waals surface area contributed by atoms with Crippen LogP contribution in [0.15, 0.2) is 72.8 Å². The first-order valence-corrected chi connectivity index (χ1v) is 13.5. The topological polar surface area (TPSA) is 87.7 Å². The lowest BCUT2D eigenvalue weighted by Gasteiger charge is -2.24. The Bertz CT molecular complexity index is 1270. The van der Waals surface area contributed by atoms with Crippen molar-refractivity contribution in [2.45, 2.75) is 30.1 Å². The molecule has 1 saturated heterocycles. The molecule has 7 nitrogen and oxygen atoms in total. The number of rotatable bonds is 7. The molecule has 1 atom stereocenters. The van der Waals surface area contributed by atoms with E-state index in [2.05, 4.69) is 50.8 Å². The molecule has 0 saturated carbocycles. The van der Waals surface area contributed by atoms with Crippen molar-refractivity contribution in [3.05, 3.63) is 89.5 Å². The SMILES string of the molecule is O=C(NCC(=O)N1CCC[C@H]1C(=O)Nc1ccc(CBr)cc1)OCC1c2ccccc2-c2ccccc21. The van der Waals surface area contributed by atoms with Gasteiger partial charge in [-0.15, -0.1) is 0 Å². The van der Waals surface area contributed by atoms with Gasteiger partial charge in [-0.25, -0.2) is 4.79 Å². The van der Waals surface area contributed by atoms with Gasteiger partial charge < -0.3 is 20.3 Å². The van der Waals surface area contributed by atoms with Crippen LogP contribution in [0.1, 0.15) is 35.4 Å². The first-order valence-electron chi connectivity index (χ1n) is 12.4. The molecule has 0 spiro atoms. The number of benzene rings is 3. The average Bonchev–Trinajstić information content (AvgIpc) is 3.55. The summed E-state index contributed by atoms with van der Waals surface area (Å²) in [5.74, 6) is -0.580. The smallest absolute Gasteiger partial charge is 0.407 e. The number of fused-ring (bicyclic) bond motifs is 3. The van der Waals surface area contributed by atoms with Crippen LogP contribution in [0.5, 0.6) is 0 Å². The summed E-state index contributed by atoms with van der Waals surface area (Å²) in [6.07, 6.45) is 0.668. The molecule has 0 aromatic heterocycles. The van der Waals surface area contributed by atoms with Gasteiger partial charge in [0.15, 0.2) is 0 Å². The predicted octanol–water partition coefficient (Wildman–Crippen LogP) is 5.05. The molecule has 37 heavy (non-hydrogen) atoms. The Morgan fingerprint density at radius 1 is 0.919 bits per heavy atom. The van der Waals surface area contributed by atoms with Gasteiger partial charge in [0, 0.05) is 23.5 Å². The Morgan fingerprint density at radius 3 is 2.22 bits per heavy atom. The molecule has 8 heteroatoms. The number of amides is 3. The zero-order valence-electron chi connectivity index (χ0n) is 20.3. The third-order valence-electron chi connectivity index (χ3n) is 6.98. The molecule has 3 amide bonds. The van der Waals surface area contributed by atoms with Crippen molar-refractivity contribution in [1.82, 2.24) is 10.2 Å². The van der Waals surface area contributed by atoms with Crippen LogP contribution < -0.4 is 10.6 Å². The molecular formula is C29H28BrN3O4. The molecule has 5 rings (SSSR count). The van der Waals surface area contributed by atoms with Gasteiger partial charge in [-0.3, -0.25) is 9.59 Å². The maximum atomic E-state index is 12.9. The highest BCUT2D eigenvalue weighted by Crippen LogP contribution is 2.44. The summed E-state index contributed by atoms with van der Waals surface area (Å²) in [6, 6.07) is 23.2. The molecule has 1 aliphatic heterocycles. The predicted molar refractivity (Wildman–Crippen MR) is 146 cm³/mol. The summed E-state index contributed by atoms with van der Waals surface area (Å²) in [5.41, 5.74) is 6.35. The summed E-state index contributed by atoms with van der Waals surface area (Å²) in [5, 5.41) is 6.20. The van der Waals surface area contributed by atoms with Gasteiger partial charge in [-0.2, -0.15) is 0 Å². The maximum absolute atomic E-state index is 12.9. The van der Waals surface area contributed by atoms with Gasteiger partial charge in [0.1, 0.15) is 19.2 Å². The second kappa shape index (κ2) is 11.2. The largest absolute Gasteiger partial charge is 0.449 e. The monoisotopic (exact) mass is 561 g/mol. The normalized spacial score (nSPS) is 16.1. The summed E-state index contributed by atoms with van der Waals surface area (Å²) >= 11 is 3.40. The molecule has 2 N–H and O–H groups in total. The van der Waals surface area contributed by atoms with Gasteiger partial charge in [0.2, 0.25) is 11.8 Å². The second-order valence-corrected chi connectivity index (χ2v) is 9.80. The van der Waals surface area contributed by atoms with Crippen LogP contribution in [0.4, 0.5) is 10.5 Å². The number of carbonyl (C=O) groups is 3. The van der Waals surface area contributed by atoms with Crippen LogP contribution in [0.2, 0.25) is 0 Å². The van der Waals surface area contributed by atoms with Crippen LogP contribution >= 0.6 is 15.9 Å². The molecule has 1 heterocycles. The molecule has 0 bridgehead atoms. The van der Waals surface area contributed by atoms with E-state index in [-0.39, 0.29) is 30.9 Å². The highest BCUT2D eigenvalue weighted by molar-refractivity contribution is 9.08. The van der Waals surface area contributed by atoms with Gasteiger partial charge >= 0.3 is 6.09 Å². The number of ether oxygens (including phenoxy) is 1. The Kier molecular flexibility index (Phi) is 7.55. The molecule has 3 aromatic rings. The minimum absolute atomic E-state index is 0.0518. The zero-order valence-corrected chi connectivity index (χ0v) is 21.9. The molecule has 0 unspecified atom stereocenters. The van der Waals surface area contributed by atoms with E-state index in [1.807, 2.05) is 48.5 Å². The lowest BCUT2D eigenvalue weighted by atomic mass is 9.98. The molecule has 190 valence electrons. The van der Waals surface area contributed by atoms with Crippen molar-refractivity contribution >= 4 is 39.5 Å². The number of alkyl halides is 1. The van der Waals surface area contributed by atoms with E-state index in [4.69, 9.17) is 4.74 Å². The second-order valence-electron chi connectivity index (χ2n) is 9.24. The summed E-state index contributed by atoms with van der Waals surface area (Å²) in [4.78, 5) is 39.7. The highest BCUT2D eigenvalue weighted by Gasteiger charge is 2.34. The van der Waals surface area contributed by atoms with Crippen molar-refractivity contribution in [3.63, 3.8) is 0 Å². The van der Waals surface area contributed by atoms with Crippen LogP contribution in [0, 0.1) is 0 Å². The van der Waals surface area contributed by atoms with Crippen molar-refractivity contribution < 1.29 is 19.1 Å². The van der Waals surface area contributed by atoms with Crippen LogP contribution in [0.25, 0.3) is 11.1 Å². The van der Waals surface area contributed by atoms with Crippen molar-refractivity contribution in [3.8, 4) is 11.1 Å². The fourth-order valence-electron chi connectivity index (χ4n) is 5.14. The first kappa shape index (κ1) is 25.0. The first-order chi connectivity index (χ1) is 18.0. The Balaban J connectivity index is 1.13. The van der Waals surface area contributed by atoms with Crippen LogP contribution in [0.3, 0.4) is 0 Å². The molecular weight excluding hydrogens is 534 g/mol. The minimum Gasteiger partial charge on any atom is -0.449 e. The van der Waals surface area contributed by atoms with E-state index < -0.39 is 12.1 Å². The Morgan fingerprint density at radius 2 is 1.57 bits per heavy atom. The van der Waals surface area contributed by atoms with E-state index in [9.17, 15) is 14.4 Å². The fraction of sp³-hybridized carbons (Fsp3) is 0.276. The van der Waals surface area contributed by atoms with E-state index in [1.54, 1.807) is 0 Å².